The number of hydrogen-bond donors (Lipinski definition) is 2. The molecule has 2 aromatic rings. The van der Waals surface area contributed by atoms with Crippen molar-refractivity contribution in [2.45, 2.75) is 51.1 Å². The number of rotatable bonds is 5. The number of piperidine rings is 1. The molecule has 29 heavy (non-hydrogen) atoms. The van der Waals surface area contributed by atoms with Gasteiger partial charge in [-0.1, -0.05) is 24.3 Å². The molecular formula is C23H29N3O3. The number of likely N-dealkylation sites (tertiary alicyclic amines) is 1. The number of aryl methyl sites for hydroxylation is 2. The average Bonchev–Trinajstić information content (AvgIpc) is 3.16. The van der Waals surface area contributed by atoms with E-state index in [1.165, 1.54) is 17.4 Å². The molecule has 1 aromatic heterocycles. The first-order valence-corrected chi connectivity index (χ1v) is 10.5. The zero-order chi connectivity index (χ0) is 20.2. The van der Waals surface area contributed by atoms with Gasteiger partial charge in [-0.25, -0.2) is 0 Å². The fourth-order valence-corrected chi connectivity index (χ4v) is 4.44. The van der Waals surface area contributed by atoms with E-state index in [1.54, 1.807) is 6.07 Å². The Bertz CT molecular complexity index is 868. The van der Waals surface area contributed by atoms with E-state index in [-0.39, 0.29) is 23.9 Å². The molecule has 6 nitrogen and oxygen atoms in total. The lowest BCUT2D eigenvalue weighted by Gasteiger charge is -2.32. The number of furan rings is 1. The van der Waals surface area contributed by atoms with Gasteiger partial charge in [0.05, 0.1) is 18.8 Å². The number of nitrogens with zero attached hydrogens (tertiary/aromatic N) is 1. The highest BCUT2D eigenvalue weighted by atomic mass is 16.3. The molecule has 0 radical (unpaired) electrons. The maximum absolute atomic E-state index is 12.6. The number of amides is 2. The largest absolute Gasteiger partial charge is 0.459 e. The number of carbonyl (C=O) groups is 2. The van der Waals surface area contributed by atoms with Crippen LogP contribution in [0.1, 0.15) is 59.0 Å². The van der Waals surface area contributed by atoms with Gasteiger partial charge >= 0.3 is 0 Å². The molecule has 1 aliphatic heterocycles. The summed E-state index contributed by atoms with van der Waals surface area (Å²) >= 11 is 0. The van der Waals surface area contributed by atoms with Gasteiger partial charge in [-0.05, 0) is 56.2 Å². The highest BCUT2D eigenvalue weighted by Crippen LogP contribution is 2.29. The molecule has 1 saturated heterocycles. The normalized spacial score (nSPS) is 20.1. The van der Waals surface area contributed by atoms with Crippen LogP contribution in [0.15, 0.2) is 41.0 Å². The highest BCUT2D eigenvalue weighted by Gasteiger charge is 2.26. The Kier molecular flexibility index (Phi) is 6.00. The molecule has 154 valence electrons. The third kappa shape index (κ3) is 4.70. The van der Waals surface area contributed by atoms with Gasteiger partial charge in [-0.3, -0.25) is 14.5 Å². The smallest absolute Gasteiger partial charge is 0.287 e. The van der Waals surface area contributed by atoms with Gasteiger partial charge in [0, 0.05) is 24.7 Å². The summed E-state index contributed by atoms with van der Waals surface area (Å²) in [4.78, 5) is 27.1. The summed E-state index contributed by atoms with van der Waals surface area (Å²) in [6.07, 6.45) is 6.43. The summed E-state index contributed by atoms with van der Waals surface area (Å²) in [5, 5.41) is 6.28. The average molecular weight is 396 g/mol. The predicted molar refractivity (Wildman–Crippen MR) is 111 cm³/mol. The molecule has 4 rings (SSSR count). The zero-order valence-corrected chi connectivity index (χ0v) is 16.9. The second-order valence-corrected chi connectivity index (χ2v) is 8.17. The van der Waals surface area contributed by atoms with E-state index in [0.29, 0.717) is 12.3 Å². The van der Waals surface area contributed by atoms with Gasteiger partial charge in [-0.15, -0.1) is 0 Å². The van der Waals surface area contributed by atoms with Crippen molar-refractivity contribution in [3.8, 4) is 0 Å². The van der Waals surface area contributed by atoms with Crippen LogP contribution in [0.5, 0.6) is 0 Å². The van der Waals surface area contributed by atoms with Crippen LogP contribution >= 0.6 is 0 Å². The molecule has 2 aliphatic rings. The third-order valence-corrected chi connectivity index (χ3v) is 6.06. The van der Waals surface area contributed by atoms with Crippen molar-refractivity contribution in [3.63, 3.8) is 0 Å². The highest BCUT2D eigenvalue weighted by molar-refractivity contribution is 5.93. The first-order chi connectivity index (χ1) is 14.1. The minimum absolute atomic E-state index is 0.0837. The summed E-state index contributed by atoms with van der Waals surface area (Å²) in [7, 11) is 0. The Balaban J connectivity index is 1.23. The van der Waals surface area contributed by atoms with Gasteiger partial charge in [0.25, 0.3) is 5.91 Å². The molecule has 2 N–H and O–H groups in total. The van der Waals surface area contributed by atoms with Gasteiger partial charge in [0.1, 0.15) is 0 Å². The van der Waals surface area contributed by atoms with Crippen molar-refractivity contribution in [1.82, 2.24) is 15.5 Å². The summed E-state index contributed by atoms with van der Waals surface area (Å²) in [6.45, 7) is 3.88. The number of fused-ring (bicyclic) bond motifs is 1. The lowest BCUT2D eigenvalue weighted by molar-refractivity contribution is -0.123. The van der Waals surface area contributed by atoms with Crippen LogP contribution in [0.2, 0.25) is 0 Å². The molecule has 1 aliphatic carbocycles. The molecule has 1 aromatic carbocycles. The summed E-state index contributed by atoms with van der Waals surface area (Å²) < 4.78 is 5.26. The summed E-state index contributed by atoms with van der Waals surface area (Å²) in [5.74, 6) is 0.319. The van der Waals surface area contributed by atoms with E-state index < -0.39 is 0 Å². The van der Waals surface area contributed by atoms with Crippen LogP contribution in [0.25, 0.3) is 0 Å². The number of carbonyl (C=O) groups excluding carboxylic acids is 2. The Morgan fingerprint density at radius 2 is 1.90 bits per heavy atom. The third-order valence-electron chi connectivity index (χ3n) is 6.06. The van der Waals surface area contributed by atoms with Crippen LogP contribution in [-0.4, -0.2) is 42.4 Å². The van der Waals surface area contributed by atoms with Crippen LogP contribution < -0.4 is 10.6 Å². The predicted octanol–water partition coefficient (Wildman–Crippen LogP) is 2.98. The van der Waals surface area contributed by atoms with Crippen LogP contribution in [0.3, 0.4) is 0 Å². The van der Waals surface area contributed by atoms with E-state index in [0.717, 1.165) is 50.8 Å². The van der Waals surface area contributed by atoms with E-state index in [2.05, 4.69) is 33.7 Å². The number of hydrogen-bond acceptors (Lipinski definition) is 4. The van der Waals surface area contributed by atoms with Crippen LogP contribution in [0, 0.1) is 6.92 Å². The molecule has 2 amide bonds. The minimum Gasteiger partial charge on any atom is -0.459 e. The monoisotopic (exact) mass is 395 g/mol. The molecule has 2 heterocycles. The molecule has 0 spiro atoms. The van der Waals surface area contributed by atoms with Crippen molar-refractivity contribution in [2.75, 3.05) is 19.6 Å². The molecule has 1 atom stereocenters. The van der Waals surface area contributed by atoms with Gasteiger partial charge in [-0.2, -0.15) is 0 Å². The van der Waals surface area contributed by atoms with Crippen molar-refractivity contribution >= 4 is 11.8 Å². The fourth-order valence-electron chi connectivity index (χ4n) is 4.44. The molecule has 0 bridgehead atoms. The van der Waals surface area contributed by atoms with E-state index in [4.69, 9.17) is 4.42 Å². The SMILES string of the molecule is Cc1ccoc1C(=O)NC1CCN(CC(=O)NC2CCCc3ccccc32)CC1. The van der Waals surface area contributed by atoms with Crippen molar-refractivity contribution in [1.29, 1.82) is 0 Å². The first-order valence-electron chi connectivity index (χ1n) is 10.5. The van der Waals surface area contributed by atoms with Gasteiger partial charge in [0.15, 0.2) is 5.76 Å². The van der Waals surface area contributed by atoms with Crippen molar-refractivity contribution in [3.05, 3.63) is 59.0 Å². The van der Waals surface area contributed by atoms with Crippen molar-refractivity contribution < 1.29 is 14.0 Å². The van der Waals surface area contributed by atoms with Crippen LogP contribution in [0.4, 0.5) is 0 Å². The molecule has 1 fully saturated rings. The maximum atomic E-state index is 12.6. The van der Waals surface area contributed by atoms with Gasteiger partial charge < -0.3 is 15.1 Å². The van der Waals surface area contributed by atoms with Crippen LogP contribution in [-0.2, 0) is 11.2 Å². The second-order valence-electron chi connectivity index (χ2n) is 8.17. The fraction of sp³-hybridized carbons (Fsp3) is 0.478. The molecule has 0 saturated carbocycles. The second kappa shape index (κ2) is 8.82. The lowest BCUT2D eigenvalue weighted by atomic mass is 9.88. The van der Waals surface area contributed by atoms with Gasteiger partial charge in [0.2, 0.25) is 5.91 Å². The Morgan fingerprint density at radius 1 is 1.10 bits per heavy atom. The quantitative estimate of drug-likeness (QED) is 0.816. The van der Waals surface area contributed by atoms with E-state index in [9.17, 15) is 9.59 Å². The number of nitrogens with one attached hydrogen (secondary N) is 2. The molecular weight excluding hydrogens is 366 g/mol. The minimum atomic E-state index is -0.153. The maximum Gasteiger partial charge on any atom is 0.287 e. The lowest BCUT2D eigenvalue weighted by Crippen LogP contribution is -2.47. The molecule has 1 unspecified atom stereocenters. The standard InChI is InChI=1S/C23H29N3O3/c1-16-11-14-29-22(16)23(28)24-18-9-12-26(13-10-18)15-21(27)25-20-8-4-6-17-5-2-3-7-19(17)20/h2-3,5,7,11,14,18,20H,4,6,8-10,12-13,15H2,1H3,(H,24,28)(H,25,27). The Hall–Kier alpha value is -2.60. The Labute approximate surface area is 171 Å². The summed E-state index contributed by atoms with van der Waals surface area (Å²) in [6, 6.07) is 10.5. The summed E-state index contributed by atoms with van der Waals surface area (Å²) in [5.41, 5.74) is 3.47. The van der Waals surface area contributed by atoms with E-state index in [1.807, 2.05) is 13.0 Å². The number of benzene rings is 1. The first kappa shape index (κ1) is 19.7. The Morgan fingerprint density at radius 3 is 2.66 bits per heavy atom. The van der Waals surface area contributed by atoms with Crippen molar-refractivity contribution in [2.24, 2.45) is 0 Å². The molecule has 6 heteroatoms. The zero-order valence-electron chi connectivity index (χ0n) is 16.9. The topological polar surface area (TPSA) is 74.6 Å². The van der Waals surface area contributed by atoms with E-state index >= 15 is 0 Å².